The zero-order chi connectivity index (χ0) is 28.9. The van der Waals surface area contributed by atoms with E-state index in [1.54, 1.807) is 26.8 Å². The number of aromatic nitrogens is 1. The third kappa shape index (κ3) is 6.69. The molecule has 0 spiro atoms. The number of aromatic carboxylic acids is 1. The molecule has 0 atom stereocenters. The summed E-state index contributed by atoms with van der Waals surface area (Å²) in [6.45, 7) is 9.88. The molecule has 0 radical (unpaired) electrons. The fourth-order valence-electron chi connectivity index (χ4n) is 3.96. The molecule has 4 rings (SSSR count). The van der Waals surface area contributed by atoms with Gasteiger partial charge < -0.3 is 24.4 Å². The van der Waals surface area contributed by atoms with Crippen LogP contribution < -0.4 is 14.8 Å². The smallest absolute Gasteiger partial charge is 0.360 e. The number of hydrogen-bond acceptors (Lipinski definition) is 6. The molecule has 4 aromatic rings. The summed E-state index contributed by atoms with van der Waals surface area (Å²) in [4.78, 5) is 24.9. The molecule has 0 aliphatic rings. The molecular weight excluding hydrogens is 508 g/mol. The zero-order valence-corrected chi connectivity index (χ0v) is 23.4. The Morgan fingerprint density at radius 3 is 1.95 bits per heavy atom. The molecule has 1 heterocycles. The fourth-order valence-corrected chi connectivity index (χ4v) is 3.96. The Balaban J connectivity index is 1.83. The van der Waals surface area contributed by atoms with Crippen molar-refractivity contribution < 1.29 is 28.7 Å². The lowest BCUT2D eigenvalue weighted by molar-refractivity contribution is -0.123. The zero-order valence-electron chi connectivity index (χ0n) is 23.4. The highest BCUT2D eigenvalue weighted by atomic mass is 16.5. The molecule has 0 saturated carbocycles. The van der Waals surface area contributed by atoms with Crippen molar-refractivity contribution in [2.75, 3.05) is 5.32 Å². The number of carbonyl (C=O) groups excluding carboxylic acids is 1. The van der Waals surface area contributed by atoms with Gasteiger partial charge in [0.15, 0.2) is 5.76 Å². The number of carbonyl (C=O) groups is 2. The lowest BCUT2D eigenvalue weighted by Crippen LogP contribution is -2.28. The van der Waals surface area contributed by atoms with Gasteiger partial charge in [-0.25, -0.2) is 4.79 Å². The molecule has 0 bridgehead atoms. The topological polar surface area (TPSA) is 111 Å². The van der Waals surface area contributed by atoms with E-state index in [1.165, 1.54) is 0 Å². The van der Waals surface area contributed by atoms with Crippen molar-refractivity contribution in [1.29, 1.82) is 0 Å². The summed E-state index contributed by atoms with van der Waals surface area (Å²) >= 11 is 0. The second kappa shape index (κ2) is 12.1. The van der Waals surface area contributed by atoms with Crippen molar-refractivity contribution in [1.82, 2.24) is 5.16 Å². The minimum Gasteiger partial charge on any atom is -0.488 e. The first kappa shape index (κ1) is 28.4. The van der Waals surface area contributed by atoms with Gasteiger partial charge in [-0.1, -0.05) is 100 Å². The largest absolute Gasteiger partial charge is 0.488 e. The van der Waals surface area contributed by atoms with Gasteiger partial charge in [0.2, 0.25) is 11.6 Å². The predicted octanol–water partition coefficient (Wildman–Crippen LogP) is 7.31. The molecule has 8 nitrogen and oxygen atoms in total. The lowest BCUT2D eigenvalue weighted by atomic mass is 9.94. The standard InChI is InChI=1S/C32H34N2O6/c1-20(2)23-16-24(29-27(28(30(35)36)34-40-29)33-31(37)32(3,4)5)26(39-19-22-14-10-7-11-15-22)17-25(23)38-18-21-12-8-6-9-13-21/h6-17,20H,18-19H2,1-5H3,(H,33,37)(H,35,36). The van der Waals surface area contributed by atoms with Crippen molar-refractivity contribution in [3.05, 3.63) is 95.2 Å². The van der Waals surface area contributed by atoms with E-state index >= 15 is 0 Å². The molecule has 2 N–H and O–H groups in total. The van der Waals surface area contributed by atoms with Crippen LogP contribution in [-0.4, -0.2) is 22.1 Å². The average molecular weight is 543 g/mol. The van der Waals surface area contributed by atoms with Gasteiger partial charge in [-0.2, -0.15) is 0 Å². The van der Waals surface area contributed by atoms with Crippen molar-refractivity contribution in [3.63, 3.8) is 0 Å². The van der Waals surface area contributed by atoms with Crippen LogP contribution in [0.15, 0.2) is 77.3 Å². The molecule has 0 fully saturated rings. The summed E-state index contributed by atoms with van der Waals surface area (Å²) in [5, 5.41) is 16.3. The molecule has 0 saturated heterocycles. The number of amides is 1. The highest BCUT2D eigenvalue weighted by Crippen LogP contribution is 2.43. The van der Waals surface area contributed by atoms with Crippen LogP contribution in [0.4, 0.5) is 5.69 Å². The maximum atomic E-state index is 12.9. The first-order valence-electron chi connectivity index (χ1n) is 13.1. The molecule has 1 amide bonds. The first-order chi connectivity index (χ1) is 19.0. The van der Waals surface area contributed by atoms with Gasteiger partial charge >= 0.3 is 5.97 Å². The third-order valence-corrected chi connectivity index (χ3v) is 6.27. The van der Waals surface area contributed by atoms with Crippen molar-refractivity contribution >= 4 is 17.6 Å². The third-order valence-electron chi connectivity index (χ3n) is 6.27. The second-order valence-electron chi connectivity index (χ2n) is 10.8. The van der Waals surface area contributed by atoms with E-state index in [2.05, 4.69) is 10.5 Å². The van der Waals surface area contributed by atoms with Crippen molar-refractivity contribution in [2.24, 2.45) is 5.41 Å². The van der Waals surface area contributed by atoms with Gasteiger partial charge in [-0.05, 0) is 28.7 Å². The Kier molecular flexibility index (Phi) is 8.58. The summed E-state index contributed by atoms with van der Waals surface area (Å²) < 4.78 is 18.1. The van der Waals surface area contributed by atoms with E-state index in [4.69, 9.17) is 14.0 Å². The summed E-state index contributed by atoms with van der Waals surface area (Å²) in [7, 11) is 0. The summed E-state index contributed by atoms with van der Waals surface area (Å²) in [5.41, 5.74) is 2.08. The van der Waals surface area contributed by atoms with E-state index in [0.717, 1.165) is 16.7 Å². The molecule has 0 unspecified atom stereocenters. The van der Waals surface area contributed by atoms with Gasteiger partial charge in [0, 0.05) is 11.5 Å². The monoisotopic (exact) mass is 542 g/mol. The van der Waals surface area contributed by atoms with Crippen LogP contribution in [0.5, 0.6) is 11.5 Å². The van der Waals surface area contributed by atoms with E-state index < -0.39 is 17.1 Å². The van der Waals surface area contributed by atoms with Crippen LogP contribution in [0.3, 0.4) is 0 Å². The molecule has 40 heavy (non-hydrogen) atoms. The SMILES string of the molecule is CC(C)c1cc(-c2onc(C(=O)O)c2NC(=O)C(C)(C)C)c(OCc2ccccc2)cc1OCc1ccccc1. The number of rotatable bonds is 10. The number of hydrogen-bond donors (Lipinski definition) is 2. The van der Waals surface area contributed by atoms with Crippen molar-refractivity contribution in [2.45, 2.75) is 53.8 Å². The van der Waals surface area contributed by atoms with Gasteiger partial charge in [-0.3, -0.25) is 4.79 Å². The van der Waals surface area contributed by atoms with Gasteiger partial charge in [0.25, 0.3) is 0 Å². The number of ether oxygens (including phenoxy) is 2. The van der Waals surface area contributed by atoms with Gasteiger partial charge in [-0.15, -0.1) is 0 Å². The molecule has 208 valence electrons. The number of carboxylic acid groups (broad SMARTS) is 1. The van der Waals surface area contributed by atoms with Crippen LogP contribution in [0.1, 0.15) is 67.7 Å². The van der Waals surface area contributed by atoms with Crippen LogP contribution >= 0.6 is 0 Å². The van der Waals surface area contributed by atoms with Crippen LogP contribution in [0.2, 0.25) is 0 Å². The van der Waals surface area contributed by atoms with Crippen LogP contribution in [0.25, 0.3) is 11.3 Å². The number of anilines is 1. The molecule has 8 heteroatoms. The number of nitrogens with one attached hydrogen (secondary N) is 1. The van der Waals surface area contributed by atoms with E-state index in [1.807, 2.05) is 80.6 Å². The minimum atomic E-state index is -1.32. The van der Waals surface area contributed by atoms with Gasteiger partial charge in [0.1, 0.15) is 30.4 Å². The van der Waals surface area contributed by atoms with Gasteiger partial charge in [0.05, 0.1) is 5.56 Å². The minimum absolute atomic E-state index is 0.0235. The Labute approximate surface area is 233 Å². The van der Waals surface area contributed by atoms with Crippen molar-refractivity contribution in [3.8, 4) is 22.8 Å². The molecule has 1 aromatic heterocycles. The molecule has 0 aliphatic carbocycles. The quantitative estimate of drug-likeness (QED) is 0.216. The Morgan fingerprint density at radius 2 is 1.45 bits per heavy atom. The Bertz CT molecular complexity index is 1470. The summed E-state index contributed by atoms with van der Waals surface area (Å²) in [6, 6.07) is 23.1. The molecular formula is C32H34N2O6. The van der Waals surface area contributed by atoms with E-state index in [-0.39, 0.29) is 29.9 Å². The Hall–Kier alpha value is -4.59. The predicted molar refractivity (Wildman–Crippen MR) is 153 cm³/mol. The highest BCUT2D eigenvalue weighted by molar-refractivity contribution is 6.04. The fraction of sp³-hybridized carbons (Fsp3) is 0.281. The Morgan fingerprint density at radius 1 is 0.900 bits per heavy atom. The average Bonchev–Trinajstić information content (AvgIpc) is 3.34. The summed E-state index contributed by atoms with van der Waals surface area (Å²) in [5.74, 6) is -0.535. The lowest BCUT2D eigenvalue weighted by Gasteiger charge is -2.20. The van der Waals surface area contributed by atoms with Crippen LogP contribution in [-0.2, 0) is 18.0 Å². The van der Waals surface area contributed by atoms with E-state index in [0.29, 0.717) is 23.7 Å². The first-order valence-corrected chi connectivity index (χ1v) is 13.1. The normalized spacial score (nSPS) is 11.3. The number of benzene rings is 3. The number of nitrogens with zero attached hydrogens (tertiary/aromatic N) is 1. The highest BCUT2D eigenvalue weighted by Gasteiger charge is 2.31. The maximum absolute atomic E-state index is 12.9. The van der Waals surface area contributed by atoms with E-state index in [9.17, 15) is 14.7 Å². The molecule has 0 aliphatic heterocycles. The molecule has 3 aromatic carbocycles. The van der Waals surface area contributed by atoms with Crippen LogP contribution in [0, 0.1) is 5.41 Å². The number of carboxylic acids is 1. The summed E-state index contributed by atoms with van der Waals surface area (Å²) in [6.07, 6.45) is 0. The maximum Gasteiger partial charge on any atom is 0.360 e. The second-order valence-corrected chi connectivity index (χ2v) is 10.8.